The van der Waals surface area contributed by atoms with Crippen molar-refractivity contribution >= 4 is 5.91 Å². The zero-order valence-electron chi connectivity index (χ0n) is 12.9. The van der Waals surface area contributed by atoms with Gasteiger partial charge >= 0.3 is 0 Å². The van der Waals surface area contributed by atoms with Gasteiger partial charge < -0.3 is 20.3 Å². The maximum atomic E-state index is 12.2. The number of carbonyl (C=O) groups excluding carboxylic acids is 1. The molecule has 5 heteroatoms. The summed E-state index contributed by atoms with van der Waals surface area (Å²) in [7, 11) is 3.96. The molecule has 21 heavy (non-hydrogen) atoms. The third kappa shape index (κ3) is 4.19. The number of hydrogen-bond acceptors (Lipinski definition) is 4. The van der Waals surface area contributed by atoms with Crippen molar-refractivity contribution in [3.8, 4) is 5.75 Å². The van der Waals surface area contributed by atoms with E-state index in [0.29, 0.717) is 18.3 Å². The summed E-state index contributed by atoms with van der Waals surface area (Å²) in [5.41, 5.74) is 6.58. The third-order valence-electron chi connectivity index (χ3n) is 4.13. The van der Waals surface area contributed by atoms with Crippen LogP contribution < -0.4 is 10.5 Å². The number of carbonyl (C=O) groups is 1. The highest BCUT2D eigenvalue weighted by atomic mass is 16.5. The molecule has 1 saturated heterocycles. The topological polar surface area (TPSA) is 58.8 Å². The lowest BCUT2D eigenvalue weighted by molar-refractivity contribution is -0.132. The molecular formula is C16H25N3O2. The minimum absolute atomic E-state index is 0.00197. The molecule has 1 unspecified atom stereocenters. The summed E-state index contributed by atoms with van der Waals surface area (Å²) >= 11 is 0. The number of amides is 1. The second-order valence-corrected chi connectivity index (χ2v) is 5.65. The Kier molecular flexibility index (Phi) is 5.59. The van der Waals surface area contributed by atoms with E-state index >= 15 is 0 Å². The lowest BCUT2D eigenvalue weighted by Gasteiger charge is -2.26. The van der Waals surface area contributed by atoms with Crippen LogP contribution in [0.5, 0.6) is 5.75 Å². The maximum Gasteiger partial charge on any atom is 0.260 e. The van der Waals surface area contributed by atoms with E-state index in [0.717, 1.165) is 25.1 Å². The van der Waals surface area contributed by atoms with Gasteiger partial charge in [0.1, 0.15) is 5.75 Å². The zero-order chi connectivity index (χ0) is 15.2. The van der Waals surface area contributed by atoms with Crippen molar-refractivity contribution in [3.05, 3.63) is 29.8 Å². The lowest BCUT2D eigenvalue weighted by Crippen LogP contribution is -2.41. The number of benzene rings is 1. The molecule has 1 fully saturated rings. The quantitative estimate of drug-likeness (QED) is 0.852. The highest BCUT2D eigenvalue weighted by Gasteiger charge is 2.23. The first-order chi connectivity index (χ1) is 10.1. The first kappa shape index (κ1) is 15.8. The fraction of sp³-hybridized carbons (Fsp3) is 0.562. The number of likely N-dealkylation sites (tertiary alicyclic amines) is 1. The van der Waals surface area contributed by atoms with Gasteiger partial charge in [0.15, 0.2) is 6.61 Å². The van der Waals surface area contributed by atoms with Crippen LogP contribution in [0.1, 0.15) is 18.4 Å². The van der Waals surface area contributed by atoms with Crippen molar-refractivity contribution in [1.29, 1.82) is 0 Å². The smallest absolute Gasteiger partial charge is 0.260 e. The molecule has 1 aliphatic heterocycles. The predicted molar refractivity (Wildman–Crippen MR) is 83.1 cm³/mol. The number of ether oxygens (including phenoxy) is 1. The Labute approximate surface area is 126 Å². The van der Waals surface area contributed by atoms with E-state index in [1.54, 1.807) is 4.90 Å². The Balaban J connectivity index is 1.83. The molecule has 116 valence electrons. The van der Waals surface area contributed by atoms with Gasteiger partial charge in [-0.05, 0) is 32.5 Å². The summed E-state index contributed by atoms with van der Waals surface area (Å²) in [4.78, 5) is 16.2. The normalized spacial score (nSPS) is 18.7. The van der Waals surface area contributed by atoms with Crippen LogP contribution in [-0.4, -0.2) is 55.5 Å². The van der Waals surface area contributed by atoms with E-state index in [9.17, 15) is 4.79 Å². The summed E-state index contributed by atoms with van der Waals surface area (Å²) < 4.78 is 5.62. The Morgan fingerprint density at radius 2 is 2.24 bits per heavy atom. The number of rotatable bonds is 6. The average Bonchev–Trinajstić information content (AvgIpc) is 2.90. The number of nitrogens with zero attached hydrogens (tertiary/aromatic N) is 2. The van der Waals surface area contributed by atoms with Gasteiger partial charge in [0.2, 0.25) is 0 Å². The summed E-state index contributed by atoms with van der Waals surface area (Å²) in [5.74, 6) is 0.696. The van der Waals surface area contributed by atoms with E-state index in [1.807, 2.05) is 31.3 Å². The molecule has 0 bridgehead atoms. The van der Waals surface area contributed by atoms with Crippen molar-refractivity contribution in [3.63, 3.8) is 0 Å². The van der Waals surface area contributed by atoms with Crippen molar-refractivity contribution in [2.24, 2.45) is 5.73 Å². The van der Waals surface area contributed by atoms with Crippen molar-refractivity contribution < 1.29 is 9.53 Å². The highest BCUT2D eigenvalue weighted by molar-refractivity contribution is 5.77. The molecule has 1 aromatic carbocycles. The van der Waals surface area contributed by atoms with Crippen molar-refractivity contribution in [2.75, 3.05) is 33.8 Å². The molecule has 1 atom stereocenters. The third-order valence-corrected chi connectivity index (χ3v) is 4.13. The summed E-state index contributed by atoms with van der Waals surface area (Å²) in [6.07, 6.45) is 2.37. The second kappa shape index (κ2) is 7.43. The fourth-order valence-electron chi connectivity index (χ4n) is 2.69. The molecule has 1 amide bonds. The molecule has 2 rings (SSSR count). The van der Waals surface area contributed by atoms with E-state index in [2.05, 4.69) is 11.9 Å². The van der Waals surface area contributed by atoms with E-state index in [4.69, 9.17) is 10.5 Å². The number of likely N-dealkylation sites (N-methyl/N-ethyl adjacent to an activating group) is 2. The average molecular weight is 291 g/mol. The lowest BCUT2D eigenvalue weighted by atomic mass is 10.2. The Morgan fingerprint density at radius 3 is 2.90 bits per heavy atom. The van der Waals surface area contributed by atoms with Crippen LogP contribution in [0.25, 0.3) is 0 Å². The second-order valence-electron chi connectivity index (χ2n) is 5.65. The molecule has 2 N–H and O–H groups in total. The molecular weight excluding hydrogens is 266 g/mol. The standard InChI is InChI=1S/C16H25N3O2/c1-18-9-5-7-14(18)11-19(2)16(20)12-21-15-8-4-3-6-13(15)10-17/h3-4,6,8,14H,5,7,9-12,17H2,1-2H3. The molecule has 0 spiro atoms. The summed E-state index contributed by atoms with van der Waals surface area (Å²) in [6.45, 7) is 2.35. The molecule has 0 aliphatic carbocycles. The van der Waals surface area contributed by atoms with Gasteiger partial charge in [0, 0.05) is 31.7 Å². The first-order valence-electron chi connectivity index (χ1n) is 7.46. The van der Waals surface area contributed by atoms with Gasteiger partial charge in [-0.15, -0.1) is 0 Å². The van der Waals surface area contributed by atoms with Crippen LogP contribution in [0.4, 0.5) is 0 Å². The Bertz CT molecular complexity index is 478. The molecule has 0 radical (unpaired) electrons. The van der Waals surface area contributed by atoms with Crippen LogP contribution in [-0.2, 0) is 11.3 Å². The van der Waals surface area contributed by atoms with Gasteiger partial charge in [-0.3, -0.25) is 4.79 Å². The van der Waals surface area contributed by atoms with Crippen LogP contribution in [0, 0.1) is 0 Å². The maximum absolute atomic E-state index is 12.2. The van der Waals surface area contributed by atoms with Gasteiger partial charge in [-0.2, -0.15) is 0 Å². The molecule has 1 aliphatic rings. The highest BCUT2D eigenvalue weighted by Crippen LogP contribution is 2.18. The van der Waals surface area contributed by atoms with Gasteiger partial charge in [0.05, 0.1) is 0 Å². The van der Waals surface area contributed by atoms with Gasteiger partial charge in [-0.1, -0.05) is 18.2 Å². The SMILES string of the molecule is CN(CC1CCCN1C)C(=O)COc1ccccc1CN. The van der Waals surface area contributed by atoms with E-state index in [-0.39, 0.29) is 12.5 Å². The molecule has 0 saturated carbocycles. The molecule has 5 nitrogen and oxygen atoms in total. The number of nitrogens with two attached hydrogens (primary N) is 1. The van der Waals surface area contributed by atoms with Crippen molar-refractivity contribution in [1.82, 2.24) is 9.80 Å². The summed E-state index contributed by atoms with van der Waals surface area (Å²) in [5, 5.41) is 0. The first-order valence-corrected chi connectivity index (χ1v) is 7.46. The largest absolute Gasteiger partial charge is 0.483 e. The minimum atomic E-state index is 0.00197. The van der Waals surface area contributed by atoms with Crippen LogP contribution in [0.2, 0.25) is 0 Å². The summed E-state index contributed by atoms with van der Waals surface area (Å²) in [6, 6.07) is 8.03. The van der Waals surface area contributed by atoms with Gasteiger partial charge in [0.25, 0.3) is 5.91 Å². The zero-order valence-corrected chi connectivity index (χ0v) is 12.9. The van der Waals surface area contributed by atoms with Crippen LogP contribution in [0.3, 0.4) is 0 Å². The molecule has 1 aromatic rings. The molecule has 0 aromatic heterocycles. The van der Waals surface area contributed by atoms with E-state index in [1.165, 1.54) is 6.42 Å². The number of hydrogen-bond donors (Lipinski definition) is 1. The van der Waals surface area contributed by atoms with Crippen molar-refractivity contribution in [2.45, 2.75) is 25.4 Å². The van der Waals surface area contributed by atoms with E-state index < -0.39 is 0 Å². The Morgan fingerprint density at radius 1 is 1.48 bits per heavy atom. The Hall–Kier alpha value is -1.59. The number of para-hydroxylation sites is 1. The fourth-order valence-corrected chi connectivity index (χ4v) is 2.69. The predicted octanol–water partition coefficient (Wildman–Crippen LogP) is 1.08. The van der Waals surface area contributed by atoms with Gasteiger partial charge in [-0.25, -0.2) is 0 Å². The monoisotopic (exact) mass is 291 g/mol. The van der Waals surface area contributed by atoms with Crippen LogP contribution >= 0.6 is 0 Å². The minimum Gasteiger partial charge on any atom is -0.483 e. The van der Waals surface area contributed by atoms with Crippen LogP contribution in [0.15, 0.2) is 24.3 Å². The molecule has 1 heterocycles.